The van der Waals surface area contributed by atoms with E-state index < -0.39 is 12.3 Å². The highest BCUT2D eigenvalue weighted by Gasteiger charge is 2.25. The molecule has 0 saturated heterocycles. The first-order chi connectivity index (χ1) is 4.63. The Morgan fingerprint density at radius 1 is 1.60 bits per heavy atom. The highest BCUT2D eigenvalue weighted by Crippen LogP contribution is 2.07. The van der Waals surface area contributed by atoms with Gasteiger partial charge in [0.2, 0.25) is 5.91 Å². The fourth-order valence-electron chi connectivity index (χ4n) is 0.757. The van der Waals surface area contributed by atoms with Crippen molar-refractivity contribution >= 4 is 5.91 Å². The molecule has 0 aromatic carbocycles. The van der Waals surface area contributed by atoms with Crippen LogP contribution in [-0.4, -0.2) is 40.4 Å². The minimum Gasteiger partial charge on any atom is -0.384 e. The summed E-state index contributed by atoms with van der Waals surface area (Å²) >= 11 is 0. The molecule has 1 aliphatic rings. The van der Waals surface area contributed by atoms with Crippen LogP contribution in [0.2, 0.25) is 0 Å². The van der Waals surface area contributed by atoms with Gasteiger partial charge in [-0.05, 0) is 6.08 Å². The number of aliphatic hydroxyl groups is 2. The molecule has 10 heavy (non-hydrogen) atoms. The SMILES string of the molecule is CN1C(=O)C=C[C@H](O)[C@@H]1O. The Morgan fingerprint density at radius 2 is 2.20 bits per heavy atom. The van der Waals surface area contributed by atoms with Gasteiger partial charge in [0.05, 0.1) is 0 Å². The third-order valence-electron chi connectivity index (χ3n) is 1.49. The standard InChI is InChI=1S/C6H9NO3/c1-7-5(9)3-2-4(8)6(7)10/h2-4,6,8,10H,1H3/t4-,6-/m0/s1. The maximum Gasteiger partial charge on any atom is 0.248 e. The van der Waals surface area contributed by atoms with Gasteiger partial charge in [-0.1, -0.05) is 0 Å². The number of hydrogen-bond acceptors (Lipinski definition) is 3. The second-order valence-electron chi connectivity index (χ2n) is 2.21. The lowest BCUT2D eigenvalue weighted by atomic mass is 10.2. The average Bonchev–Trinajstić information content (AvgIpc) is 1.93. The molecule has 1 rings (SSSR count). The zero-order valence-corrected chi connectivity index (χ0v) is 5.56. The Labute approximate surface area is 58.4 Å². The van der Waals surface area contributed by atoms with Crippen molar-refractivity contribution in [1.29, 1.82) is 0 Å². The minimum atomic E-state index is -1.10. The molecule has 4 heteroatoms. The first-order valence-corrected chi connectivity index (χ1v) is 2.94. The highest BCUT2D eigenvalue weighted by molar-refractivity contribution is 5.88. The molecule has 0 aliphatic carbocycles. The molecule has 0 saturated carbocycles. The first-order valence-electron chi connectivity index (χ1n) is 2.94. The number of hydrogen-bond donors (Lipinski definition) is 2. The Bertz CT molecular complexity index is 178. The molecule has 2 atom stereocenters. The van der Waals surface area contributed by atoms with Gasteiger partial charge in [0, 0.05) is 13.1 Å². The molecule has 0 aromatic heterocycles. The number of amides is 1. The van der Waals surface area contributed by atoms with E-state index in [-0.39, 0.29) is 5.91 Å². The van der Waals surface area contributed by atoms with Crippen LogP contribution in [0.4, 0.5) is 0 Å². The Balaban J connectivity index is 2.79. The lowest BCUT2D eigenvalue weighted by Gasteiger charge is -2.28. The highest BCUT2D eigenvalue weighted by atomic mass is 16.3. The Morgan fingerprint density at radius 3 is 2.70 bits per heavy atom. The summed E-state index contributed by atoms with van der Waals surface area (Å²) in [5.41, 5.74) is 0. The van der Waals surface area contributed by atoms with E-state index in [1.807, 2.05) is 0 Å². The normalized spacial score (nSPS) is 33.1. The molecule has 0 bridgehead atoms. The lowest BCUT2D eigenvalue weighted by Crippen LogP contribution is -2.46. The van der Waals surface area contributed by atoms with Crippen molar-refractivity contribution in [3.63, 3.8) is 0 Å². The van der Waals surface area contributed by atoms with E-state index in [0.29, 0.717) is 0 Å². The third-order valence-corrected chi connectivity index (χ3v) is 1.49. The quantitative estimate of drug-likeness (QED) is 0.443. The first kappa shape index (κ1) is 7.24. The zero-order chi connectivity index (χ0) is 7.72. The molecule has 2 N–H and O–H groups in total. The molecule has 56 valence electrons. The topological polar surface area (TPSA) is 60.8 Å². The van der Waals surface area contributed by atoms with Crippen LogP contribution in [0, 0.1) is 0 Å². The van der Waals surface area contributed by atoms with Crippen LogP contribution in [-0.2, 0) is 4.79 Å². The van der Waals surface area contributed by atoms with Crippen molar-refractivity contribution in [3.8, 4) is 0 Å². The number of carbonyl (C=O) groups excluding carboxylic acids is 1. The maximum absolute atomic E-state index is 10.7. The largest absolute Gasteiger partial charge is 0.384 e. The number of carbonyl (C=O) groups is 1. The Hall–Kier alpha value is -0.870. The molecule has 0 unspecified atom stereocenters. The average molecular weight is 143 g/mol. The summed E-state index contributed by atoms with van der Waals surface area (Å²) in [6.45, 7) is 0. The van der Waals surface area contributed by atoms with E-state index in [2.05, 4.69) is 0 Å². The molecule has 0 aromatic rings. The third kappa shape index (κ3) is 1.03. The van der Waals surface area contributed by atoms with Crippen LogP contribution >= 0.6 is 0 Å². The molecule has 1 amide bonds. The molecular weight excluding hydrogens is 134 g/mol. The lowest BCUT2D eigenvalue weighted by molar-refractivity contribution is -0.141. The summed E-state index contributed by atoms with van der Waals surface area (Å²) in [5.74, 6) is -0.294. The van der Waals surface area contributed by atoms with Gasteiger partial charge in [-0.2, -0.15) is 0 Å². The second-order valence-corrected chi connectivity index (χ2v) is 2.21. The fourth-order valence-corrected chi connectivity index (χ4v) is 0.757. The van der Waals surface area contributed by atoms with E-state index in [1.165, 1.54) is 19.2 Å². The monoisotopic (exact) mass is 143 g/mol. The van der Waals surface area contributed by atoms with Gasteiger partial charge < -0.3 is 15.1 Å². The molecule has 4 nitrogen and oxygen atoms in total. The fraction of sp³-hybridized carbons (Fsp3) is 0.500. The maximum atomic E-state index is 10.7. The molecular formula is C6H9NO3. The van der Waals surface area contributed by atoms with Crippen LogP contribution in [0.1, 0.15) is 0 Å². The van der Waals surface area contributed by atoms with Gasteiger partial charge in [0.1, 0.15) is 6.10 Å². The van der Waals surface area contributed by atoms with Gasteiger partial charge in [0.25, 0.3) is 0 Å². The summed E-state index contributed by atoms with van der Waals surface area (Å²) in [5, 5.41) is 18.0. The summed E-state index contributed by atoms with van der Waals surface area (Å²) in [7, 11) is 1.43. The van der Waals surface area contributed by atoms with Crippen LogP contribution in [0.25, 0.3) is 0 Å². The van der Waals surface area contributed by atoms with Crippen molar-refractivity contribution in [2.24, 2.45) is 0 Å². The van der Waals surface area contributed by atoms with Crippen LogP contribution in [0.15, 0.2) is 12.2 Å². The predicted molar refractivity (Wildman–Crippen MR) is 33.9 cm³/mol. The van der Waals surface area contributed by atoms with Crippen LogP contribution < -0.4 is 0 Å². The van der Waals surface area contributed by atoms with Gasteiger partial charge in [-0.15, -0.1) is 0 Å². The summed E-state index contributed by atoms with van der Waals surface area (Å²) < 4.78 is 0. The summed E-state index contributed by atoms with van der Waals surface area (Å²) in [6.07, 6.45) is 0.449. The van der Waals surface area contributed by atoms with Crippen molar-refractivity contribution in [3.05, 3.63) is 12.2 Å². The summed E-state index contributed by atoms with van der Waals surface area (Å²) in [6, 6.07) is 0. The smallest absolute Gasteiger partial charge is 0.248 e. The Kier molecular flexibility index (Phi) is 1.74. The second kappa shape index (κ2) is 2.40. The van der Waals surface area contributed by atoms with E-state index in [0.717, 1.165) is 4.90 Å². The van der Waals surface area contributed by atoms with E-state index in [1.54, 1.807) is 0 Å². The number of aliphatic hydroxyl groups excluding tert-OH is 2. The van der Waals surface area contributed by atoms with Crippen molar-refractivity contribution in [2.75, 3.05) is 7.05 Å². The minimum absolute atomic E-state index is 0.294. The van der Waals surface area contributed by atoms with Crippen LogP contribution in [0.5, 0.6) is 0 Å². The van der Waals surface area contributed by atoms with E-state index >= 15 is 0 Å². The van der Waals surface area contributed by atoms with Gasteiger partial charge in [-0.25, -0.2) is 0 Å². The van der Waals surface area contributed by atoms with E-state index in [4.69, 9.17) is 10.2 Å². The molecule has 1 heterocycles. The zero-order valence-electron chi connectivity index (χ0n) is 5.56. The number of nitrogens with zero attached hydrogens (tertiary/aromatic N) is 1. The predicted octanol–water partition coefficient (Wildman–Crippen LogP) is -1.31. The number of likely N-dealkylation sites (N-methyl/N-ethyl adjacent to an activating group) is 1. The van der Waals surface area contributed by atoms with Gasteiger partial charge >= 0.3 is 0 Å². The molecule has 1 aliphatic heterocycles. The van der Waals surface area contributed by atoms with E-state index in [9.17, 15) is 4.79 Å². The number of rotatable bonds is 0. The van der Waals surface area contributed by atoms with Crippen molar-refractivity contribution in [2.45, 2.75) is 12.3 Å². The molecule has 0 radical (unpaired) electrons. The van der Waals surface area contributed by atoms with Crippen molar-refractivity contribution in [1.82, 2.24) is 4.90 Å². The van der Waals surface area contributed by atoms with Crippen LogP contribution in [0.3, 0.4) is 0 Å². The molecule has 0 spiro atoms. The molecule has 0 fully saturated rings. The summed E-state index contributed by atoms with van der Waals surface area (Å²) in [4.78, 5) is 11.8. The van der Waals surface area contributed by atoms with Crippen molar-refractivity contribution < 1.29 is 15.0 Å². The van der Waals surface area contributed by atoms with Gasteiger partial charge in [-0.3, -0.25) is 4.79 Å². The van der Waals surface area contributed by atoms with Gasteiger partial charge in [0.15, 0.2) is 6.23 Å².